The number of carbonyl (C=O) groups excluding carboxylic acids is 1. The highest BCUT2D eigenvalue weighted by atomic mass is 16.2. The van der Waals surface area contributed by atoms with Crippen LogP contribution in [0.1, 0.15) is 46.0 Å². The fourth-order valence-electron chi connectivity index (χ4n) is 1.83. The van der Waals surface area contributed by atoms with Crippen LogP contribution >= 0.6 is 0 Å². The Morgan fingerprint density at radius 3 is 2.83 bits per heavy atom. The summed E-state index contributed by atoms with van der Waals surface area (Å²) in [5.74, 6) is 0.352. The SMILES string of the molecule is CCCC(=O)N1CCCC[C@@H]1C. The molecule has 0 spiro atoms. The van der Waals surface area contributed by atoms with Crippen molar-refractivity contribution in [3.05, 3.63) is 0 Å². The third-order valence-corrected chi connectivity index (χ3v) is 2.59. The molecule has 1 saturated heterocycles. The fraction of sp³-hybridized carbons (Fsp3) is 0.900. The number of piperidine rings is 1. The zero-order chi connectivity index (χ0) is 8.97. The van der Waals surface area contributed by atoms with Gasteiger partial charge in [0.1, 0.15) is 0 Å². The summed E-state index contributed by atoms with van der Waals surface area (Å²) >= 11 is 0. The third-order valence-electron chi connectivity index (χ3n) is 2.59. The van der Waals surface area contributed by atoms with Crippen molar-refractivity contribution in [3.63, 3.8) is 0 Å². The molecule has 0 aromatic rings. The van der Waals surface area contributed by atoms with E-state index in [1.54, 1.807) is 0 Å². The Morgan fingerprint density at radius 1 is 1.50 bits per heavy atom. The van der Waals surface area contributed by atoms with Crippen molar-refractivity contribution < 1.29 is 4.79 Å². The smallest absolute Gasteiger partial charge is 0.222 e. The van der Waals surface area contributed by atoms with Crippen LogP contribution < -0.4 is 0 Å². The Morgan fingerprint density at radius 2 is 2.25 bits per heavy atom. The number of amides is 1. The van der Waals surface area contributed by atoms with Crippen LogP contribution in [0, 0.1) is 0 Å². The van der Waals surface area contributed by atoms with Gasteiger partial charge in [0, 0.05) is 19.0 Å². The minimum Gasteiger partial charge on any atom is -0.340 e. The minimum atomic E-state index is 0.352. The maximum absolute atomic E-state index is 11.5. The lowest BCUT2D eigenvalue weighted by molar-refractivity contribution is -0.134. The first kappa shape index (κ1) is 9.56. The predicted molar refractivity (Wildman–Crippen MR) is 49.9 cm³/mol. The fourth-order valence-corrected chi connectivity index (χ4v) is 1.83. The number of hydrogen-bond donors (Lipinski definition) is 0. The summed E-state index contributed by atoms with van der Waals surface area (Å²) in [4.78, 5) is 13.6. The van der Waals surface area contributed by atoms with Gasteiger partial charge in [0.25, 0.3) is 0 Å². The summed E-state index contributed by atoms with van der Waals surface area (Å²) < 4.78 is 0. The van der Waals surface area contributed by atoms with E-state index < -0.39 is 0 Å². The Balaban J connectivity index is 2.42. The number of hydrogen-bond acceptors (Lipinski definition) is 1. The van der Waals surface area contributed by atoms with E-state index >= 15 is 0 Å². The van der Waals surface area contributed by atoms with E-state index in [0.29, 0.717) is 11.9 Å². The van der Waals surface area contributed by atoms with Crippen LogP contribution in [0.25, 0.3) is 0 Å². The van der Waals surface area contributed by atoms with Crippen molar-refractivity contribution in [1.29, 1.82) is 0 Å². The molecule has 0 saturated carbocycles. The monoisotopic (exact) mass is 169 g/mol. The van der Waals surface area contributed by atoms with Gasteiger partial charge in [-0.05, 0) is 32.6 Å². The Hall–Kier alpha value is -0.530. The highest BCUT2D eigenvalue weighted by molar-refractivity contribution is 5.76. The predicted octanol–water partition coefficient (Wildman–Crippen LogP) is 2.19. The van der Waals surface area contributed by atoms with Gasteiger partial charge in [0.15, 0.2) is 0 Å². The summed E-state index contributed by atoms with van der Waals surface area (Å²) in [6, 6.07) is 0.484. The van der Waals surface area contributed by atoms with Gasteiger partial charge in [-0.3, -0.25) is 4.79 Å². The van der Waals surface area contributed by atoms with Crippen LogP contribution in [0.15, 0.2) is 0 Å². The van der Waals surface area contributed by atoms with Crippen molar-refractivity contribution in [2.24, 2.45) is 0 Å². The maximum atomic E-state index is 11.5. The van der Waals surface area contributed by atoms with Gasteiger partial charge in [-0.2, -0.15) is 0 Å². The first-order valence-electron chi connectivity index (χ1n) is 5.05. The first-order valence-corrected chi connectivity index (χ1v) is 5.05. The van der Waals surface area contributed by atoms with E-state index in [2.05, 4.69) is 13.8 Å². The van der Waals surface area contributed by atoms with Crippen LogP contribution in [0.4, 0.5) is 0 Å². The summed E-state index contributed by atoms with van der Waals surface area (Å²) in [5.41, 5.74) is 0. The zero-order valence-electron chi connectivity index (χ0n) is 8.18. The van der Waals surface area contributed by atoms with Crippen molar-refractivity contribution in [1.82, 2.24) is 4.90 Å². The molecule has 1 heterocycles. The molecule has 0 unspecified atom stereocenters. The van der Waals surface area contributed by atoms with Crippen LogP contribution in [-0.4, -0.2) is 23.4 Å². The Bertz CT molecular complexity index is 156. The molecule has 12 heavy (non-hydrogen) atoms. The van der Waals surface area contributed by atoms with Crippen LogP contribution in [0.5, 0.6) is 0 Å². The lowest BCUT2D eigenvalue weighted by Crippen LogP contribution is -2.41. The first-order chi connectivity index (χ1) is 5.75. The largest absolute Gasteiger partial charge is 0.340 e. The van der Waals surface area contributed by atoms with Crippen LogP contribution in [-0.2, 0) is 4.79 Å². The third kappa shape index (κ3) is 2.23. The lowest BCUT2D eigenvalue weighted by Gasteiger charge is -2.33. The Labute approximate surface area is 74.9 Å². The Kier molecular flexibility index (Phi) is 3.57. The van der Waals surface area contributed by atoms with Gasteiger partial charge in [0.05, 0.1) is 0 Å². The van der Waals surface area contributed by atoms with Crippen molar-refractivity contribution in [2.45, 2.75) is 52.0 Å². The number of rotatable bonds is 2. The van der Waals surface area contributed by atoms with Gasteiger partial charge in [-0.1, -0.05) is 6.92 Å². The van der Waals surface area contributed by atoms with Gasteiger partial charge >= 0.3 is 0 Å². The topological polar surface area (TPSA) is 20.3 Å². The van der Waals surface area contributed by atoms with E-state index in [4.69, 9.17) is 0 Å². The van der Waals surface area contributed by atoms with Crippen LogP contribution in [0.3, 0.4) is 0 Å². The molecule has 70 valence electrons. The number of likely N-dealkylation sites (tertiary alicyclic amines) is 1. The standard InChI is InChI=1S/C10H19NO/c1-3-6-10(12)11-8-5-4-7-9(11)2/h9H,3-8H2,1-2H3/t9-/m0/s1. The van der Waals surface area contributed by atoms with E-state index in [9.17, 15) is 4.79 Å². The van der Waals surface area contributed by atoms with E-state index in [1.165, 1.54) is 19.3 Å². The quantitative estimate of drug-likeness (QED) is 0.620. The van der Waals surface area contributed by atoms with Crippen LogP contribution in [0.2, 0.25) is 0 Å². The molecule has 2 nitrogen and oxygen atoms in total. The molecule has 0 radical (unpaired) electrons. The summed E-state index contributed by atoms with van der Waals surface area (Å²) in [5, 5.41) is 0. The second kappa shape index (κ2) is 4.48. The van der Waals surface area contributed by atoms with Gasteiger partial charge in [0.2, 0.25) is 5.91 Å². The minimum absolute atomic E-state index is 0.352. The molecule has 1 aliphatic heterocycles. The molecule has 0 N–H and O–H groups in total. The number of carbonyl (C=O) groups is 1. The van der Waals surface area contributed by atoms with E-state index in [0.717, 1.165) is 19.4 Å². The molecular formula is C10H19NO. The van der Waals surface area contributed by atoms with Crippen molar-refractivity contribution in [2.75, 3.05) is 6.54 Å². The zero-order valence-corrected chi connectivity index (χ0v) is 8.18. The lowest BCUT2D eigenvalue weighted by atomic mass is 10.0. The van der Waals surface area contributed by atoms with Gasteiger partial charge in [-0.25, -0.2) is 0 Å². The molecule has 1 amide bonds. The molecule has 1 fully saturated rings. The van der Waals surface area contributed by atoms with Crippen molar-refractivity contribution >= 4 is 5.91 Å². The van der Waals surface area contributed by atoms with E-state index in [-0.39, 0.29) is 0 Å². The molecule has 0 aromatic heterocycles. The molecule has 1 rings (SSSR count). The molecule has 0 aromatic carbocycles. The normalized spacial score (nSPS) is 24.2. The average molecular weight is 169 g/mol. The maximum Gasteiger partial charge on any atom is 0.222 e. The second-order valence-corrected chi connectivity index (χ2v) is 3.68. The molecule has 0 bridgehead atoms. The molecule has 0 aliphatic carbocycles. The highest BCUT2D eigenvalue weighted by Crippen LogP contribution is 2.17. The second-order valence-electron chi connectivity index (χ2n) is 3.68. The summed E-state index contributed by atoms with van der Waals surface area (Å²) in [6.07, 6.45) is 5.37. The molecular weight excluding hydrogens is 150 g/mol. The highest BCUT2D eigenvalue weighted by Gasteiger charge is 2.21. The molecule has 1 aliphatic rings. The van der Waals surface area contributed by atoms with E-state index in [1.807, 2.05) is 4.90 Å². The van der Waals surface area contributed by atoms with Gasteiger partial charge in [-0.15, -0.1) is 0 Å². The van der Waals surface area contributed by atoms with Crippen molar-refractivity contribution in [3.8, 4) is 0 Å². The summed E-state index contributed by atoms with van der Waals surface area (Å²) in [7, 11) is 0. The number of nitrogens with zero attached hydrogens (tertiary/aromatic N) is 1. The molecule has 2 heteroatoms. The average Bonchev–Trinajstić information content (AvgIpc) is 2.05. The van der Waals surface area contributed by atoms with Gasteiger partial charge < -0.3 is 4.90 Å². The molecule has 1 atom stereocenters. The summed E-state index contributed by atoms with van der Waals surface area (Å²) in [6.45, 7) is 5.21.